The monoisotopic (exact) mass is 380 g/mol. The van der Waals surface area contributed by atoms with Crippen molar-refractivity contribution in [2.45, 2.75) is 45.4 Å². The molecule has 2 atom stereocenters. The zero-order valence-corrected chi connectivity index (χ0v) is 17.1. The third-order valence-corrected chi connectivity index (χ3v) is 5.92. The van der Waals surface area contributed by atoms with Crippen LogP contribution in [0.4, 0.5) is 0 Å². The second-order valence-electron chi connectivity index (χ2n) is 7.02. The second kappa shape index (κ2) is 9.95. The topological polar surface area (TPSA) is 63.2 Å². The predicted molar refractivity (Wildman–Crippen MR) is 102 cm³/mol. The maximum absolute atomic E-state index is 12.6. The molecule has 6 nitrogen and oxygen atoms in total. The number of benzene rings is 1. The highest BCUT2D eigenvalue weighted by Crippen LogP contribution is 2.58. The average Bonchev–Trinajstić information content (AvgIpc) is 3.10. The third-order valence-electron chi connectivity index (χ3n) is 5.92. The van der Waals surface area contributed by atoms with Gasteiger partial charge in [-0.25, -0.2) is 0 Å². The van der Waals surface area contributed by atoms with Crippen molar-refractivity contribution in [1.29, 1.82) is 0 Å². The van der Waals surface area contributed by atoms with Gasteiger partial charge in [0, 0.05) is 25.7 Å². The van der Waals surface area contributed by atoms with Gasteiger partial charge in [-0.1, -0.05) is 13.8 Å². The summed E-state index contributed by atoms with van der Waals surface area (Å²) in [5.74, 6) is 1.04. The Kier molecular flexibility index (Phi) is 7.92. The van der Waals surface area contributed by atoms with Gasteiger partial charge in [-0.15, -0.1) is 0 Å². The van der Waals surface area contributed by atoms with Crippen LogP contribution in [0.2, 0.25) is 0 Å². The summed E-state index contributed by atoms with van der Waals surface area (Å²) in [5.41, 5.74) is 0.987. The van der Waals surface area contributed by atoms with Gasteiger partial charge in [-0.05, 0) is 49.3 Å². The third kappa shape index (κ3) is 4.55. The van der Waals surface area contributed by atoms with Gasteiger partial charge in [-0.2, -0.15) is 0 Å². The molecule has 1 aliphatic carbocycles. The molecule has 152 valence electrons. The number of carbonyl (C=O) groups excluding carboxylic acids is 1. The normalized spacial score (nSPS) is 21.1. The Morgan fingerprint density at radius 2 is 1.74 bits per heavy atom. The van der Waals surface area contributed by atoms with Crippen LogP contribution >= 0.6 is 0 Å². The van der Waals surface area contributed by atoms with Crippen LogP contribution < -0.4 is 9.47 Å². The largest absolute Gasteiger partial charge is 0.469 e. The van der Waals surface area contributed by atoms with Crippen molar-refractivity contribution in [2.75, 3.05) is 34.9 Å². The molecular formula is C21H32O6. The lowest BCUT2D eigenvalue weighted by atomic mass is 9.68. The molecule has 0 saturated heterocycles. The summed E-state index contributed by atoms with van der Waals surface area (Å²) >= 11 is 0. The summed E-state index contributed by atoms with van der Waals surface area (Å²) in [5, 5.41) is 0. The first-order valence-corrected chi connectivity index (χ1v) is 9.52. The summed E-state index contributed by atoms with van der Waals surface area (Å²) in [6.45, 7) is 4.69. The van der Waals surface area contributed by atoms with Crippen LogP contribution in [-0.2, 0) is 19.0 Å². The molecule has 1 aliphatic rings. The Morgan fingerprint density at radius 1 is 1.07 bits per heavy atom. The van der Waals surface area contributed by atoms with E-state index in [1.807, 2.05) is 18.2 Å². The Labute approximate surface area is 162 Å². The van der Waals surface area contributed by atoms with Crippen molar-refractivity contribution in [3.8, 4) is 11.5 Å². The van der Waals surface area contributed by atoms with Crippen LogP contribution in [0.5, 0.6) is 11.5 Å². The van der Waals surface area contributed by atoms with E-state index >= 15 is 0 Å². The molecule has 1 aromatic rings. The van der Waals surface area contributed by atoms with Crippen LogP contribution in [0.1, 0.15) is 51.0 Å². The minimum atomic E-state index is -0.197. The first-order valence-electron chi connectivity index (χ1n) is 9.52. The maximum atomic E-state index is 12.6. The fourth-order valence-corrected chi connectivity index (χ4v) is 4.43. The van der Waals surface area contributed by atoms with E-state index in [0.717, 1.165) is 31.2 Å². The molecule has 0 radical (unpaired) electrons. The molecule has 0 heterocycles. The molecule has 0 spiro atoms. The van der Waals surface area contributed by atoms with Crippen molar-refractivity contribution in [2.24, 2.45) is 11.3 Å². The van der Waals surface area contributed by atoms with E-state index in [2.05, 4.69) is 13.8 Å². The predicted octanol–water partition coefficient (Wildman–Crippen LogP) is 4.13. The minimum absolute atomic E-state index is 0.00194. The molecule has 0 aliphatic heterocycles. The zero-order valence-electron chi connectivity index (χ0n) is 17.1. The molecule has 1 fully saturated rings. The van der Waals surface area contributed by atoms with Crippen LogP contribution in [0, 0.1) is 11.3 Å². The first kappa shape index (κ1) is 21.5. The number of hydrogen-bond acceptors (Lipinski definition) is 6. The van der Waals surface area contributed by atoms with Gasteiger partial charge in [0.1, 0.15) is 11.5 Å². The molecule has 27 heavy (non-hydrogen) atoms. The molecule has 1 aromatic carbocycles. The number of carbonyl (C=O) groups is 1. The smallest absolute Gasteiger partial charge is 0.309 e. The van der Waals surface area contributed by atoms with E-state index in [4.69, 9.17) is 23.7 Å². The van der Waals surface area contributed by atoms with Crippen LogP contribution in [-0.4, -0.2) is 40.9 Å². The molecule has 1 saturated carbocycles. The lowest BCUT2D eigenvalue weighted by Gasteiger charge is -2.36. The summed E-state index contributed by atoms with van der Waals surface area (Å²) in [6, 6.07) is 5.69. The van der Waals surface area contributed by atoms with Crippen molar-refractivity contribution in [1.82, 2.24) is 0 Å². The van der Waals surface area contributed by atoms with Crippen LogP contribution in [0.3, 0.4) is 0 Å². The number of esters is 1. The number of ether oxygens (including phenoxy) is 5. The van der Waals surface area contributed by atoms with E-state index in [1.54, 1.807) is 14.2 Å². The number of methoxy groups -OCH3 is 3. The van der Waals surface area contributed by atoms with Crippen molar-refractivity contribution >= 4 is 5.97 Å². The summed E-state index contributed by atoms with van der Waals surface area (Å²) in [7, 11) is 4.63. The lowest BCUT2D eigenvalue weighted by Crippen LogP contribution is -2.30. The maximum Gasteiger partial charge on any atom is 0.309 e. The van der Waals surface area contributed by atoms with E-state index in [-0.39, 0.29) is 36.8 Å². The Bertz CT molecular complexity index is 611. The van der Waals surface area contributed by atoms with Gasteiger partial charge < -0.3 is 23.7 Å². The second-order valence-corrected chi connectivity index (χ2v) is 7.02. The van der Waals surface area contributed by atoms with Gasteiger partial charge in [0.15, 0.2) is 13.6 Å². The van der Waals surface area contributed by atoms with Gasteiger partial charge in [0.25, 0.3) is 0 Å². The molecule has 0 bridgehead atoms. The molecular weight excluding hydrogens is 348 g/mol. The Balaban J connectivity index is 2.53. The standard InChI is InChI=1S/C21H32O6/c1-6-21(7-2)11-10-16(20(22)25-5)19(21)17-12-15(26-13-23-3)8-9-18(17)27-14-24-4/h8-9,12,16,19H,6-7,10-11,13-14H2,1-5H3. The fraction of sp³-hybridized carbons (Fsp3) is 0.667. The van der Waals surface area contributed by atoms with E-state index in [1.165, 1.54) is 7.11 Å². The highest BCUT2D eigenvalue weighted by atomic mass is 16.7. The van der Waals surface area contributed by atoms with Crippen molar-refractivity contribution in [3.63, 3.8) is 0 Å². The molecule has 0 aromatic heterocycles. The SMILES string of the molecule is CCC1(CC)CCC(C(=O)OC)C1c1cc(OCOC)ccc1OCOC. The molecule has 2 rings (SSSR count). The quantitative estimate of drug-likeness (QED) is 0.449. The van der Waals surface area contributed by atoms with E-state index < -0.39 is 0 Å². The van der Waals surface area contributed by atoms with Crippen molar-refractivity contribution < 1.29 is 28.5 Å². The zero-order chi connectivity index (χ0) is 19.9. The fourth-order valence-electron chi connectivity index (χ4n) is 4.43. The van der Waals surface area contributed by atoms with Gasteiger partial charge in [-0.3, -0.25) is 4.79 Å². The highest BCUT2D eigenvalue weighted by Gasteiger charge is 2.51. The summed E-state index contributed by atoms with van der Waals surface area (Å²) in [4.78, 5) is 12.6. The summed E-state index contributed by atoms with van der Waals surface area (Å²) in [6.07, 6.45) is 3.76. The number of rotatable bonds is 10. The van der Waals surface area contributed by atoms with Crippen LogP contribution in [0.15, 0.2) is 18.2 Å². The summed E-state index contributed by atoms with van der Waals surface area (Å²) < 4.78 is 26.7. The first-order chi connectivity index (χ1) is 13.1. The molecule has 0 N–H and O–H groups in total. The minimum Gasteiger partial charge on any atom is -0.469 e. The van der Waals surface area contributed by atoms with Gasteiger partial charge in [0.05, 0.1) is 13.0 Å². The van der Waals surface area contributed by atoms with Gasteiger partial charge >= 0.3 is 5.97 Å². The lowest BCUT2D eigenvalue weighted by molar-refractivity contribution is -0.146. The Morgan fingerprint density at radius 3 is 2.33 bits per heavy atom. The molecule has 2 unspecified atom stereocenters. The highest BCUT2D eigenvalue weighted by molar-refractivity contribution is 5.75. The average molecular weight is 380 g/mol. The number of hydrogen-bond donors (Lipinski definition) is 0. The van der Waals surface area contributed by atoms with E-state index in [9.17, 15) is 4.79 Å². The Hall–Kier alpha value is -1.79. The molecule has 6 heteroatoms. The van der Waals surface area contributed by atoms with Crippen LogP contribution in [0.25, 0.3) is 0 Å². The molecule has 0 amide bonds. The van der Waals surface area contributed by atoms with Crippen molar-refractivity contribution in [3.05, 3.63) is 23.8 Å². The van der Waals surface area contributed by atoms with Gasteiger partial charge in [0.2, 0.25) is 0 Å². The van der Waals surface area contributed by atoms with E-state index in [0.29, 0.717) is 11.5 Å².